The van der Waals surface area contributed by atoms with E-state index in [1.165, 1.54) is 18.0 Å². The van der Waals surface area contributed by atoms with Gasteiger partial charge in [-0.3, -0.25) is 9.59 Å². The van der Waals surface area contributed by atoms with Gasteiger partial charge in [0.1, 0.15) is 17.7 Å². The van der Waals surface area contributed by atoms with E-state index < -0.39 is 17.7 Å². The van der Waals surface area contributed by atoms with Gasteiger partial charge in [-0.05, 0) is 25.1 Å². The molecule has 2 amide bonds. The third kappa shape index (κ3) is 4.38. The van der Waals surface area contributed by atoms with Crippen LogP contribution in [-0.2, 0) is 11.3 Å². The third-order valence-electron chi connectivity index (χ3n) is 3.55. The lowest BCUT2D eigenvalue weighted by atomic mass is 10.1. The summed E-state index contributed by atoms with van der Waals surface area (Å²) in [5, 5.41) is 2.60. The predicted octanol–water partition coefficient (Wildman–Crippen LogP) is 2.74. The highest BCUT2D eigenvalue weighted by Crippen LogP contribution is 2.12. The summed E-state index contributed by atoms with van der Waals surface area (Å²) in [6.45, 7) is 1.54. The Bertz CT molecular complexity index is 735. The van der Waals surface area contributed by atoms with Gasteiger partial charge in [-0.2, -0.15) is 0 Å². The molecule has 0 aliphatic carbocycles. The molecule has 4 nitrogen and oxygen atoms in total. The van der Waals surface area contributed by atoms with Crippen molar-refractivity contribution in [1.82, 2.24) is 10.2 Å². The largest absolute Gasteiger partial charge is 0.341 e. The van der Waals surface area contributed by atoms with Gasteiger partial charge in [-0.25, -0.2) is 8.78 Å². The van der Waals surface area contributed by atoms with Crippen molar-refractivity contribution in [2.45, 2.75) is 19.5 Å². The Morgan fingerprint density at radius 2 is 1.79 bits per heavy atom. The highest BCUT2D eigenvalue weighted by Gasteiger charge is 2.21. The fourth-order valence-corrected chi connectivity index (χ4v) is 2.25. The van der Waals surface area contributed by atoms with Gasteiger partial charge in [0.2, 0.25) is 5.91 Å². The third-order valence-corrected chi connectivity index (χ3v) is 3.55. The van der Waals surface area contributed by atoms with E-state index in [4.69, 9.17) is 0 Å². The maximum atomic E-state index is 13.7. The molecule has 2 rings (SSSR count). The first-order valence-electron chi connectivity index (χ1n) is 7.43. The van der Waals surface area contributed by atoms with Crippen molar-refractivity contribution in [2.75, 3.05) is 7.05 Å². The second kappa shape index (κ2) is 7.68. The highest BCUT2D eigenvalue weighted by atomic mass is 19.1. The fraction of sp³-hybridized carbons (Fsp3) is 0.222. The fourth-order valence-electron chi connectivity index (χ4n) is 2.25. The topological polar surface area (TPSA) is 49.4 Å². The molecule has 126 valence electrons. The maximum absolute atomic E-state index is 13.7. The molecule has 0 aromatic heterocycles. The molecule has 0 aliphatic heterocycles. The lowest BCUT2D eigenvalue weighted by Gasteiger charge is -2.22. The van der Waals surface area contributed by atoms with E-state index in [1.54, 1.807) is 37.3 Å². The Morgan fingerprint density at radius 3 is 2.42 bits per heavy atom. The number of amides is 2. The molecule has 0 radical (unpaired) electrons. The van der Waals surface area contributed by atoms with Crippen LogP contribution in [0.4, 0.5) is 8.78 Å². The molecule has 0 heterocycles. The molecule has 2 aromatic carbocycles. The Morgan fingerprint density at radius 1 is 1.12 bits per heavy atom. The number of halogens is 2. The number of nitrogens with zero attached hydrogens (tertiary/aromatic N) is 1. The van der Waals surface area contributed by atoms with E-state index in [9.17, 15) is 18.4 Å². The Kier molecular flexibility index (Phi) is 5.63. The first-order chi connectivity index (χ1) is 11.4. The van der Waals surface area contributed by atoms with Crippen LogP contribution in [0.25, 0.3) is 0 Å². The molecule has 0 spiro atoms. The van der Waals surface area contributed by atoms with Crippen LogP contribution >= 0.6 is 0 Å². The van der Waals surface area contributed by atoms with Crippen molar-refractivity contribution in [1.29, 1.82) is 0 Å². The molecule has 2 aromatic rings. The first-order valence-corrected chi connectivity index (χ1v) is 7.43. The molecule has 6 heteroatoms. The van der Waals surface area contributed by atoms with E-state index in [0.717, 1.165) is 12.1 Å². The van der Waals surface area contributed by atoms with Crippen LogP contribution in [0.1, 0.15) is 22.8 Å². The lowest BCUT2D eigenvalue weighted by Crippen LogP contribution is -2.45. The van der Waals surface area contributed by atoms with E-state index in [1.807, 2.05) is 0 Å². The van der Waals surface area contributed by atoms with E-state index in [2.05, 4.69) is 5.32 Å². The Hall–Kier alpha value is -2.76. The second-order valence-corrected chi connectivity index (χ2v) is 5.49. The molecular weight excluding hydrogens is 314 g/mol. The molecule has 24 heavy (non-hydrogen) atoms. The summed E-state index contributed by atoms with van der Waals surface area (Å²) in [6, 6.07) is 11.0. The summed E-state index contributed by atoms with van der Waals surface area (Å²) in [7, 11) is 1.50. The van der Waals surface area contributed by atoms with Crippen LogP contribution in [0.2, 0.25) is 0 Å². The molecule has 0 saturated heterocycles. The van der Waals surface area contributed by atoms with Crippen LogP contribution in [0.3, 0.4) is 0 Å². The zero-order chi connectivity index (χ0) is 17.7. The maximum Gasteiger partial charge on any atom is 0.251 e. The van der Waals surface area contributed by atoms with Crippen molar-refractivity contribution in [3.8, 4) is 0 Å². The van der Waals surface area contributed by atoms with Gasteiger partial charge < -0.3 is 10.2 Å². The zero-order valence-corrected chi connectivity index (χ0v) is 13.4. The number of carbonyl (C=O) groups excluding carboxylic acids is 2. The summed E-state index contributed by atoms with van der Waals surface area (Å²) in [5.41, 5.74) is 0.651. The molecule has 0 saturated carbocycles. The summed E-state index contributed by atoms with van der Waals surface area (Å²) < 4.78 is 26.6. The van der Waals surface area contributed by atoms with Gasteiger partial charge in [0.05, 0.1) is 0 Å². The standard InChI is InChI=1S/C18H18F2N2O2/c1-12(21-17(23)13-6-4-3-5-7-13)18(24)22(2)11-14-8-9-15(19)10-16(14)20/h3-10,12H,11H2,1-2H3,(H,21,23). The average molecular weight is 332 g/mol. The number of likely N-dealkylation sites (N-methyl/N-ethyl adjacent to an activating group) is 1. The van der Waals surface area contributed by atoms with Gasteiger partial charge in [0.15, 0.2) is 0 Å². The number of hydrogen-bond acceptors (Lipinski definition) is 2. The first kappa shape index (κ1) is 17.6. The quantitative estimate of drug-likeness (QED) is 0.915. The number of rotatable bonds is 5. The molecule has 1 unspecified atom stereocenters. The van der Waals surface area contributed by atoms with E-state index >= 15 is 0 Å². The van der Waals surface area contributed by atoms with Crippen molar-refractivity contribution in [2.24, 2.45) is 0 Å². The minimum absolute atomic E-state index is 0.0174. The number of carbonyl (C=O) groups is 2. The van der Waals surface area contributed by atoms with Crippen molar-refractivity contribution in [3.63, 3.8) is 0 Å². The predicted molar refractivity (Wildman–Crippen MR) is 86.2 cm³/mol. The molecule has 0 fully saturated rings. The van der Waals surface area contributed by atoms with Gasteiger partial charge in [0, 0.05) is 30.8 Å². The van der Waals surface area contributed by atoms with Gasteiger partial charge >= 0.3 is 0 Å². The zero-order valence-electron chi connectivity index (χ0n) is 13.4. The van der Waals surface area contributed by atoms with Gasteiger partial charge in [0.25, 0.3) is 5.91 Å². The van der Waals surface area contributed by atoms with Gasteiger partial charge in [-0.1, -0.05) is 24.3 Å². The normalized spacial score (nSPS) is 11.7. The number of hydrogen-bond donors (Lipinski definition) is 1. The van der Waals surface area contributed by atoms with E-state index in [-0.39, 0.29) is 23.9 Å². The lowest BCUT2D eigenvalue weighted by molar-refractivity contribution is -0.132. The van der Waals surface area contributed by atoms with Crippen LogP contribution in [-0.4, -0.2) is 29.8 Å². The Balaban J connectivity index is 1.98. The molecular formula is C18H18F2N2O2. The SMILES string of the molecule is CC(NC(=O)c1ccccc1)C(=O)N(C)Cc1ccc(F)cc1F. The van der Waals surface area contributed by atoms with E-state index in [0.29, 0.717) is 5.56 Å². The van der Waals surface area contributed by atoms with Crippen molar-refractivity contribution >= 4 is 11.8 Å². The van der Waals surface area contributed by atoms with Crippen molar-refractivity contribution in [3.05, 3.63) is 71.3 Å². The average Bonchev–Trinajstić information content (AvgIpc) is 2.57. The molecule has 0 aliphatic rings. The summed E-state index contributed by atoms with van der Waals surface area (Å²) in [5.74, 6) is -2.12. The summed E-state index contributed by atoms with van der Waals surface area (Å²) >= 11 is 0. The van der Waals surface area contributed by atoms with Crippen LogP contribution < -0.4 is 5.32 Å². The highest BCUT2D eigenvalue weighted by molar-refractivity contribution is 5.97. The number of benzene rings is 2. The minimum Gasteiger partial charge on any atom is -0.341 e. The minimum atomic E-state index is -0.772. The molecule has 1 N–H and O–H groups in total. The second-order valence-electron chi connectivity index (χ2n) is 5.49. The van der Waals surface area contributed by atoms with Crippen LogP contribution in [0.15, 0.2) is 48.5 Å². The summed E-state index contributed by atoms with van der Waals surface area (Å²) in [6.07, 6.45) is 0. The van der Waals surface area contributed by atoms with Crippen LogP contribution in [0, 0.1) is 11.6 Å². The molecule has 1 atom stereocenters. The summed E-state index contributed by atoms with van der Waals surface area (Å²) in [4.78, 5) is 25.6. The van der Waals surface area contributed by atoms with Crippen LogP contribution in [0.5, 0.6) is 0 Å². The number of nitrogens with one attached hydrogen (secondary N) is 1. The Labute approximate surface area is 139 Å². The van der Waals surface area contributed by atoms with Crippen molar-refractivity contribution < 1.29 is 18.4 Å². The smallest absolute Gasteiger partial charge is 0.251 e. The molecule has 0 bridgehead atoms. The monoisotopic (exact) mass is 332 g/mol. The van der Waals surface area contributed by atoms with Gasteiger partial charge in [-0.15, -0.1) is 0 Å².